The van der Waals surface area contributed by atoms with Gasteiger partial charge in [0.1, 0.15) is 5.54 Å². The van der Waals surface area contributed by atoms with Gasteiger partial charge in [0.2, 0.25) is 0 Å². The van der Waals surface area contributed by atoms with Crippen LogP contribution in [0.15, 0.2) is 30.3 Å². The molecule has 4 nitrogen and oxygen atoms in total. The van der Waals surface area contributed by atoms with Gasteiger partial charge in [-0.15, -0.1) is 0 Å². The van der Waals surface area contributed by atoms with Gasteiger partial charge in [-0.3, -0.25) is 0 Å². The Morgan fingerprint density at radius 1 is 1.45 bits per heavy atom. The Labute approximate surface area is 121 Å². The fourth-order valence-corrected chi connectivity index (χ4v) is 2.74. The Morgan fingerprint density at radius 3 is 2.85 bits per heavy atom. The van der Waals surface area contributed by atoms with E-state index in [4.69, 9.17) is 10.5 Å². The largest absolute Gasteiger partial charge is 0.380 e. The average molecular weight is 273 g/mol. The Kier molecular flexibility index (Phi) is 5.13. The van der Waals surface area contributed by atoms with E-state index in [0.29, 0.717) is 12.5 Å². The molecule has 1 heterocycles. The van der Waals surface area contributed by atoms with Gasteiger partial charge in [-0.25, -0.2) is 0 Å². The number of likely N-dealkylation sites (tertiary alicyclic amines) is 1. The number of piperidine rings is 1. The van der Waals surface area contributed by atoms with Crippen LogP contribution in [0.2, 0.25) is 0 Å². The highest BCUT2D eigenvalue weighted by Gasteiger charge is 2.28. The minimum atomic E-state index is -0.902. The number of nitrogens with zero attached hydrogens (tertiary/aromatic N) is 2. The second-order valence-corrected chi connectivity index (χ2v) is 5.50. The van der Waals surface area contributed by atoms with Gasteiger partial charge < -0.3 is 15.4 Å². The molecular weight excluding hydrogens is 250 g/mol. The summed E-state index contributed by atoms with van der Waals surface area (Å²) in [5.74, 6) is 0. The molecule has 1 aromatic rings. The zero-order valence-corrected chi connectivity index (χ0v) is 12.1. The van der Waals surface area contributed by atoms with E-state index < -0.39 is 5.54 Å². The molecule has 2 unspecified atom stereocenters. The van der Waals surface area contributed by atoms with Crippen LogP contribution in [0.4, 0.5) is 0 Å². The predicted octanol–water partition coefficient (Wildman–Crippen LogP) is 1.87. The zero-order chi connectivity index (χ0) is 14.4. The summed E-state index contributed by atoms with van der Waals surface area (Å²) in [5.41, 5.74) is 6.27. The zero-order valence-electron chi connectivity index (χ0n) is 12.1. The van der Waals surface area contributed by atoms with Crippen LogP contribution in [-0.4, -0.2) is 37.7 Å². The predicted molar refractivity (Wildman–Crippen MR) is 79.0 cm³/mol. The smallest absolute Gasteiger partial charge is 0.131 e. The van der Waals surface area contributed by atoms with Crippen LogP contribution in [0, 0.1) is 11.3 Å². The molecule has 2 atom stereocenters. The third-order valence-corrected chi connectivity index (χ3v) is 4.11. The lowest BCUT2D eigenvalue weighted by atomic mass is 9.89. The number of hydrogen-bond donors (Lipinski definition) is 1. The van der Waals surface area contributed by atoms with E-state index in [2.05, 4.69) is 11.0 Å². The van der Waals surface area contributed by atoms with E-state index in [1.165, 1.54) is 0 Å². The summed E-state index contributed by atoms with van der Waals surface area (Å²) in [6, 6.07) is 11.9. The summed E-state index contributed by atoms with van der Waals surface area (Å²) in [5, 5.41) is 9.45. The first-order valence-corrected chi connectivity index (χ1v) is 7.19. The Balaban J connectivity index is 1.96. The fourth-order valence-electron chi connectivity index (χ4n) is 2.74. The molecule has 0 aliphatic carbocycles. The highest BCUT2D eigenvalue weighted by Crippen LogP contribution is 2.23. The van der Waals surface area contributed by atoms with Gasteiger partial charge in [0.15, 0.2) is 0 Å². The van der Waals surface area contributed by atoms with Crippen LogP contribution in [0.3, 0.4) is 0 Å². The third-order valence-electron chi connectivity index (χ3n) is 4.11. The lowest BCUT2D eigenvalue weighted by Crippen LogP contribution is -2.44. The van der Waals surface area contributed by atoms with E-state index >= 15 is 0 Å². The van der Waals surface area contributed by atoms with Crippen molar-refractivity contribution >= 4 is 0 Å². The lowest BCUT2D eigenvalue weighted by Gasteiger charge is -2.33. The number of ether oxygens (including phenoxy) is 1. The number of methoxy groups -OCH3 is 1. The average Bonchev–Trinajstić information content (AvgIpc) is 2.53. The van der Waals surface area contributed by atoms with E-state index in [-0.39, 0.29) is 0 Å². The highest BCUT2D eigenvalue weighted by atomic mass is 16.5. The van der Waals surface area contributed by atoms with Gasteiger partial charge in [0.05, 0.1) is 12.2 Å². The standard InChI is InChI=1S/C16H23N3O/c1-20-15-8-5-10-19(12-15)11-9-16(18,13-17)14-6-3-2-4-7-14/h2-4,6-7,15H,5,8-12,18H2,1H3. The topological polar surface area (TPSA) is 62.3 Å². The van der Waals surface area contributed by atoms with Gasteiger partial charge in [-0.05, 0) is 31.4 Å². The van der Waals surface area contributed by atoms with Gasteiger partial charge in [0.25, 0.3) is 0 Å². The number of nitriles is 1. The number of hydrogen-bond acceptors (Lipinski definition) is 4. The second-order valence-electron chi connectivity index (χ2n) is 5.50. The molecule has 20 heavy (non-hydrogen) atoms. The molecule has 1 aliphatic heterocycles. The maximum atomic E-state index is 9.45. The SMILES string of the molecule is COC1CCCN(CCC(N)(C#N)c2ccccc2)C1. The van der Waals surface area contributed by atoms with Crippen LogP contribution < -0.4 is 5.73 Å². The first-order chi connectivity index (χ1) is 9.68. The summed E-state index contributed by atoms with van der Waals surface area (Å²) in [4.78, 5) is 2.35. The summed E-state index contributed by atoms with van der Waals surface area (Å²) >= 11 is 0. The fraction of sp³-hybridized carbons (Fsp3) is 0.562. The summed E-state index contributed by atoms with van der Waals surface area (Å²) in [6.45, 7) is 2.84. The minimum absolute atomic E-state index is 0.315. The van der Waals surface area contributed by atoms with E-state index in [0.717, 1.165) is 38.0 Å². The molecule has 4 heteroatoms. The molecule has 0 radical (unpaired) electrons. The first kappa shape index (κ1) is 15.0. The molecule has 108 valence electrons. The molecule has 2 N–H and O–H groups in total. The van der Waals surface area contributed by atoms with Crippen molar-refractivity contribution < 1.29 is 4.74 Å². The van der Waals surface area contributed by atoms with E-state index in [1.54, 1.807) is 7.11 Å². The molecule has 1 aliphatic rings. The van der Waals surface area contributed by atoms with Crippen molar-refractivity contribution in [3.05, 3.63) is 35.9 Å². The van der Waals surface area contributed by atoms with E-state index in [1.807, 2.05) is 30.3 Å². The van der Waals surface area contributed by atoms with Crippen LogP contribution in [0.1, 0.15) is 24.8 Å². The van der Waals surface area contributed by atoms with Gasteiger partial charge in [-0.1, -0.05) is 30.3 Å². The van der Waals surface area contributed by atoms with Gasteiger partial charge in [0, 0.05) is 20.2 Å². The highest BCUT2D eigenvalue weighted by molar-refractivity contribution is 5.30. The van der Waals surface area contributed by atoms with Gasteiger partial charge in [-0.2, -0.15) is 5.26 Å². The van der Waals surface area contributed by atoms with Crippen molar-refractivity contribution in [2.45, 2.75) is 30.9 Å². The number of nitrogens with two attached hydrogens (primary N) is 1. The normalized spacial score (nSPS) is 22.9. The Morgan fingerprint density at radius 2 is 2.20 bits per heavy atom. The van der Waals surface area contributed by atoms with Crippen molar-refractivity contribution in [2.75, 3.05) is 26.7 Å². The molecule has 0 amide bonds. The molecule has 0 bridgehead atoms. The van der Waals surface area contributed by atoms with Crippen molar-refractivity contribution in [1.82, 2.24) is 4.90 Å². The molecule has 0 aromatic heterocycles. The first-order valence-electron chi connectivity index (χ1n) is 7.19. The monoisotopic (exact) mass is 273 g/mol. The summed E-state index contributed by atoms with van der Waals surface area (Å²) < 4.78 is 5.43. The Hall–Kier alpha value is -1.41. The molecule has 2 rings (SSSR count). The van der Waals surface area contributed by atoms with Crippen molar-refractivity contribution in [3.8, 4) is 6.07 Å². The van der Waals surface area contributed by atoms with Crippen LogP contribution in [0.25, 0.3) is 0 Å². The molecule has 1 fully saturated rings. The minimum Gasteiger partial charge on any atom is -0.380 e. The van der Waals surface area contributed by atoms with Crippen LogP contribution in [-0.2, 0) is 10.3 Å². The number of rotatable bonds is 5. The second kappa shape index (κ2) is 6.85. The van der Waals surface area contributed by atoms with Crippen molar-refractivity contribution in [2.24, 2.45) is 5.73 Å². The van der Waals surface area contributed by atoms with Crippen LogP contribution in [0.5, 0.6) is 0 Å². The summed E-state index contributed by atoms with van der Waals surface area (Å²) in [6.07, 6.45) is 3.23. The summed E-state index contributed by atoms with van der Waals surface area (Å²) in [7, 11) is 1.76. The molecule has 0 saturated carbocycles. The molecule has 1 saturated heterocycles. The van der Waals surface area contributed by atoms with Crippen LogP contribution >= 0.6 is 0 Å². The number of benzene rings is 1. The molecular formula is C16H23N3O. The maximum Gasteiger partial charge on any atom is 0.131 e. The molecule has 0 spiro atoms. The quantitative estimate of drug-likeness (QED) is 0.889. The van der Waals surface area contributed by atoms with E-state index in [9.17, 15) is 5.26 Å². The molecule has 1 aromatic carbocycles. The maximum absolute atomic E-state index is 9.45. The third kappa shape index (κ3) is 3.57. The lowest BCUT2D eigenvalue weighted by molar-refractivity contribution is 0.0296. The van der Waals surface area contributed by atoms with Crippen molar-refractivity contribution in [1.29, 1.82) is 5.26 Å². The Bertz CT molecular complexity index is 457. The van der Waals surface area contributed by atoms with Gasteiger partial charge >= 0.3 is 0 Å². The van der Waals surface area contributed by atoms with Crippen molar-refractivity contribution in [3.63, 3.8) is 0 Å².